The van der Waals surface area contributed by atoms with Gasteiger partial charge in [-0.3, -0.25) is 9.59 Å². The lowest BCUT2D eigenvalue weighted by Crippen LogP contribution is -2.37. The summed E-state index contributed by atoms with van der Waals surface area (Å²) < 4.78 is 4.85. The van der Waals surface area contributed by atoms with E-state index in [4.69, 9.17) is 39.5 Å². The van der Waals surface area contributed by atoms with Crippen molar-refractivity contribution in [2.75, 3.05) is 13.7 Å². The van der Waals surface area contributed by atoms with Crippen LogP contribution in [0.3, 0.4) is 0 Å². The lowest BCUT2D eigenvalue weighted by Gasteiger charge is -2.29. The van der Waals surface area contributed by atoms with Gasteiger partial charge in [0.1, 0.15) is 0 Å². The van der Waals surface area contributed by atoms with E-state index >= 15 is 0 Å². The minimum Gasteiger partial charge on any atom is -0.469 e. The van der Waals surface area contributed by atoms with Crippen molar-refractivity contribution in [3.05, 3.63) is 32.8 Å². The molecule has 2 rings (SSSR count). The molecule has 2 atom stereocenters. The van der Waals surface area contributed by atoms with Gasteiger partial charge >= 0.3 is 5.97 Å². The zero-order chi connectivity index (χ0) is 17.0. The maximum Gasteiger partial charge on any atom is 0.309 e. The molecule has 1 aliphatic carbocycles. The number of ether oxygens (including phenoxy) is 1. The van der Waals surface area contributed by atoms with Crippen molar-refractivity contribution in [2.24, 2.45) is 11.8 Å². The molecule has 0 spiro atoms. The van der Waals surface area contributed by atoms with E-state index in [-0.39, 0.29) is 38.4 Å². The van der Waals surface area contributed by atoms with Crippen molar-refractivity contribution in [1.82, 2.24) is 5.32 Å². The molecule has 1 aromatic carbocycles. The maximum atomic E-state index is 12.4. The Hall–Kier alpha value is -0.970. The van der Waals surface area contributed by atoms with Crippen LogP contribution in [-0.2, 0) is 9.53 Å². The number of rotatable bonds is 4. The van der Waals surface area contributed by atoms with Crippen LogP contribution >= 0.6 is 34.8 Å². The first kappa shape index (κ1) is 18.4. The number of halogens is 3. The van der Waals surface area contributed by atoms with Crippen LogP contribution in [0.5, 0.6) is 0 Å². The minimum absolute atomic E-state index is 0.0527. The van der Waals surface area contributed by atoms with Crippen LogP contribution in [0, 0.1) is 11.8 Å². The normalized spacial score (nSPS) is 20.9. The number of nitrogens with one attached hydrogen (secondary N) is 1. The second-order valence-electron chi connectivity index (χ2n) is 5.60. The molecule has 1 N–H and O–H groups in total. The summed E-state index contributed by atoms with van der Waals surface area (Å²) in [6, 6.07) is 3.07. The highest BCUT2D eigenvalue weighted by atomic mass is 35.5. The third kappa shape index (κ3) is 4.31. The van der Waals surface area contributed by atoms with Gasteiger partial charge in [0.15, 0.2) is 0 Å². The average Bonchev–Trinajstić information content (AvgIpc) is 2.56. The fraction of sp³-hybridized carbons (Fsp3) is 0.500. The summed E-state index contributed by atoms with van der Waals surface area (Å²) in [6.45, 7) is 0.373. The molecule has 1 amide bonds. The molecule has 0 radical (unpaired) electrons. The molecule has 0 saturated heterocycles. The predicted molar refractivity (Wildman–Crippen MR) is 91.3 cm³/mol. The van der Waals surface area contributed by atoms with Crippen molar-refractivity contribution in [1.29, 1.82) is 0 Å². The van der Waals surface area contributed by atoms with Crippen LogP contribution < -0.4 is 5.32 Å². The van der Waals surface area contributed by atoms with E-state index in [1.54, 1.807) is 0 Å². The van der Waals surface area contributed by atoms with Crippen molar-refractivity contribution in [3.8, 4) is 0 Å². The highest BCUT2D eigenvalue weighted by Gasteiger charge is 2.32. The number of carbonyl (C=O) groups is 2. The van der Waals surface area contributed by atoms with Crippen molar-refractivity contribution >= 4 is 46.7 Å². The van der Waals surface area contributed by atoms with Gasteiger partial charge in [0.05, 0.1) is 33.7 Å². The number of amides is 1. The van der Waals surface area contributed by atoms with E-state index in [9.17, 15) is 9.59 Å². The fourth-order valence-electron chi connectivity index (χ4n) is 2.96. The number of hydrogen-bond donors (Lipinski definition) is 1. The van der Waals surface area contributed by atoms with E-state index in [0.29, 0.717) is 6.54 Å². The molecule has 4 nitrogen and oxygen atoms in total. The fourth-order valence-corrected chi connectivity index (χ4v) is 3.66. The van der Waals surface area contributed by atoms with Crippen molar-refractivity contribution in [2.45, 2.75) is 25.7 Å². The third-order valence-electron chi connectivity index (χ3n) is 4.21. The molecule has 1 fully saturated rings. The van der Waals surface area contributed by atoms with E-state index in [1.165, 1.54) is 19.2 Å². The monoisotopic (exact) mass is 377 g/mol. The van der Waals surface area contributed by atoms with Gasteiger partial charge in [0.25, 0.3) is 5.91 Å². The van der Waals surface area contributed by atoms with E-state index < -0.39 is 5.91 Å². The first-order valence-electron chi connectivity index (χ1n) is 7.45. The number of carbonyl (C=O) groups excluding carboxylic acids is 2. The smallest absolute Gasteiger partial charge is 0.309 e. The van der Waals surface area contributed by atoms with E-state index in [0.717, 1.165) is 25.7 Å². The second kappa shape index (κ2) is 8.22. The Morgan fingerprint density at radius 3 is 2.52 bits per heavy atom. The first-order valence-corrected chi connectivity index (χ1v) is 8.58. The van der Waals surface area contributed by atoms with Crippen molar-refractivity contribution < 1.29 is 14.3 Å². The van der Waals surface area contributed by atoms with Crippen LogP contribution in [0.4, 0.5) is 0 Å². The summed E-state index contributed by atoms with van der Waals surface area (Å²) in [5, 5.41) is 3.45. The summed E-state index contributed by atoms with van der Waals surface area (Å²) >= 11 is 18.0. The summed E-state index contributed by atoms with van der Waals surface area (Å²) in [7, 11) is 1.39. The van der Waals surface area contributed by atoms with Gasteiger partial charge in [-0.1, -0.05) is 47.6 Å². The maximum absolute atomic E-state index is 12.4. The highest BCUT2D eigenvalue weighted by molar-refractivity contribution is 6.46. The molecule has 1 saturated carbocycles. The molecule has 2 unspecified atom stereocenters. The van der Waals surface area contributed by atoms with Crippen LogP contribution in [0.2, 0.25) is 15.1 Å². The summed E-state index contributed by atoms with van der Waals surface area (Å²) in [5.41, 5.74) is 0.159. The zero-order valence-electron chi connectivity index (χ0n) is 12.7. The van der Waals surface area contributed by atoms with Gasteiger partial charge in [-0.05, 0) is 30.9 Å². The summed E-state index contributed by atoms with van der Waals surface area (Å²) in [6.07, 6.45) is 3.69. The van der Waals surface area contributed by atoms with Crippen LogP contribution in [0.25, 0.3) is 0 Å². The summed E-state index contributed by atoms with van der Waals surface area (Å²) in [4.78, 5) is 24.2. The molecular weight excluding hydrogens is 361 g/mol. The molecule has 0 aromatic heterocycles. The molecule has 0 bridgehead atoms. The lowest BCUT2D eigenvalue weighted by atomic mass is 9.79. The van der Waals surface area contributed by atoms with Crippen LogP contribution in [0.15, 0.2) is 12.1 Å². The quantitative estimate of drug-likeness (QED) is 0.626. The predicted octanol–water partition coefficient (Wildman–Crippen LogP) is 4.36. The Balaban J connectivity index is 2.06. The number of hydrogen-bond acceptors (Lipinski definition) is 3. The SMILES string of the molecule is COC(=O)C1CCCCC1CNC(=O)c1c(Cl)ccc(Cl)c1Cl. The largest absolute Gasteiger partial charge is 0.469 e. The number of methoxy groups -OCH3 is 1. The van der Waals surface area contributed by atoms with Crippen molar-refractivity contribution in [3.63, 3.8) is 0 Å². The molecule has 23 heavy (non-hydrogen) atoms. The van der Waals surface area contributed by atoms with E-state index in [2.05, 4.69) is 5.32 Å². The second-order valence-corrected chi connectivity index (χ2v) is 6.79. The third-order valence-corrected chi connectivity index (χ3v) is 5.33. The molecular formula is C16H18Cl3NO3. The van der Waals surface area contributed by atoms with Gasteiger partial charge in [0.2, 0.25) is 0 Å². The Kier molecular flexibility index (Phi) is 6.57. The first-order chi connectivity index (χ1) is 11.0. The minimum atomic E-state index is -0.392. The Morgan fingerprint density at radius 1 is 1.17 bits per heavy atom. The van der Waals surface area contributed by atoms with Gasteiger partial charge in [-0.2, -0.15) is 0 Å². The zero-order valence-corrected chi connectivity index (χ0v) is 15.0. The molecule has 126 valence electrons. The molecule has 0 heterocycles. The highest BCUT2D eigenvalue weighted by Crippen LogP contribution is 2.33. The molecule has 0 aliphatic heterocycles. The van der Waals surface area contributed by atoms with Crippen LogP contribution in [0.1, 0.15) is 36.0 Å². The van der Waals surface area contributed by atoms with Gasteiger partial charge in [0, 0.05) is 6.54 Å². The Morgan fingerprint density at radius 2 is 1.83 bits per heavy atom. The molecule has 7 heteroatoms. The van der Waals surface area contributed by atoms with Gasteiger partial charge in [-0.25, -0.2) is 0 Å². The van der Waals surface area contributed by atoms with E-state index in [1.807, 2.05) is 0 Å². The van der Waals surface area contributed by atoms with Gasteiger partial charge in [-0.15, -0.1) is 0 Å². The van der Waals surface area contributed by atoms with Gasteiger partial charge < -0.3 is 10.1 Å². The topological polar surface area (TPSA) is 55.4 Å². The average molecular weight is 379 g/mol. The Labute approximate surface area is 150 Å². The number of esters is 1. The Bertz CT molecular complexity index is 606. The molecule has 1 aliphatic rings. The molecule has 1 aromatic rings. The summed E-state index contributed by atoms with van der Waals surface area (Å²) in [5.74, 6) is -0.740. The number of benzene rings is 1. The lowest BCUT2D eigenvalue weighted by molar-refractivity contribution is -0.148. The van der Waals surface area contributed by atoms with Crippen LogP contribution in [-0.4, -0.2) is 25.5 Å². The standard InChI is InChI=1S/C16H18Cl3NO3/c1-23-16(22)10-5-3-2-4-9(10)8-20-15(21)13-11(17)6-7-12(18)14(13)19/h6-7,9-10H,2-5,8H2,1H3,(H,20,21).